The highest BCUT2D eigenvalue weighted by molar-refractivity contribution is 6.06. The van der Waals surface area contributed by atoms with E-state index in [1.54, 1.807) is 32.4 Å². The van der Waals surface area contributed by atoms with E-state index in [0.29, 0.717) is 17.1 Å². The van der Waals surface area contributed by atoms with E-state index in [-0.39, 0.29) is 35.5 Å². The van der Waals surface area contributed by atoms with Crippen molar-refractivity contribution in [3.05, 3.63) is 35.9 Å². The molecule has 1 saturated carbocycles. The summed E-state index contributed by atoms with van der Waals surface area (Å²) in [5.41, 5.74) is 0.649. The molecule has 4 atom stereocenters. The average Bonchev–Trinajstić information content (AvgIpc) is 3.28. The molecule has 0 aromatic heterocycles. The normalized spacial score (nSPS) is 30.5. The highest BCUT2D eigenvalue weighted by Crippen LogP contribution is 2.52. The predicted octanol–water partition coefficient (Wildman–Crippen LogP) is 1.84. The van der Waals surface area contributed by atoms with Crippen LogP contribution in [-0.4, -0.2) is 37.3 Å². The van der Waals surface area contributed by atoms with Crippen LogP contribution in [0.1, 0.15) is 12.0 Å². The quantitative estimate of drug-likeness (QED) is 0.481. The number of hydrogen-bond donors (Lipinski definition) is 0. The van der Waals surface area contributed by atoms with E-state index in [1.807, 2.05) is 0 Å². The smallest absolute Gasteiger partial charge is 0.254 e. The van der Waals surface area contributed by atoms with E-state index in [0.717, 1.165) is 11.4 Å². The number of ether oxygens (including phenoxy) is 2. The van der Waals surface area contributed by atoms with E-state index in [9.17, 15) is 9.59 Å². The molecule has 124 valence electrons. The number of carbonyl (C=O) groups excluding carboxylic acids is 2. The number of nitrogens with zero attached hydrogens (tertiary/aromatic N) is 2. The number of methoxy groups -OCH3 is 2. The highest BCUT2D eigenvalue weighted by Gasteiger charge is 2.59. The fourth-order valence-electron chi connectivity index (χ4n) is 4.06. The first-order valence-corrected chi connectivity index (χ1v) is 7.96. The van der Waals surface area contributed by atoms with Gasteiger partial charge >= 0.3 is 0 Å². The lowest BCUT2D eigenvalue weighted by atomic mass is 9.85. The maximum absolute atomic E-state index is 12.6. The number of amides is 2. The van der Waals surface area contributed by atoms with Crippen LogP contribution in [-0.2, 0) is 9.59 Å². The molecular weight excluding hydrogens is 308 g/mol. The summed E-state index contributed by atoms with van der Waals surface area (Å²) in [6, 6.07) is 5.28. The van der Waals surface area contributed by atoms with Crippen molar-refractivity contribution in [2.24, 2.45) is 28.8 Å². The molecule has 1 aromatic carbocycles. The van der Waals surface area contributed by atoms with Crippen molar-refractivity contribution >= 4 is 18.0 Å². The summed E-state index contributed by atoms with van der Waals surface area (Å²) in [6.45, 7) is 0. The van der Waals surface area contributed by atoms with E-state index >= 15 is 0 Å². The molecule has 1 saturated heterocycles. The minimum absolute atomic E-state index is 0.183. The zero-order valence-corrected chi connectivity index (χ0v) is 13.5. The minimum Gasteiger partial charge on any atom is -0.497 e. The molecule has 4 rings (SSSR count). The van der Waals surface area contributed by atoms with Gasteiger partial charge < -0.3 is 9.47 Å². The van der Waals surface area contributed by atoms with Gasteiger partial charge in [0.1, 0.15) is 11.5 Å². The summed E-state index contributed by atoms with van der Waals surface area (Å²) in [4.78, 5) is 25.2. The highest BCUT2D eigenvalue weighted by atomic mass is 16.5. The Morgan fingerprint density at radius 1 is 1.08 bits per heavy atom. The van der Waals surface area contributed by atoms with Gasteiger partial charge in [0.25, 0.3) is 11.8 Å². The third-order valence-electron chi connectivity index (χ3n) is 5.20. The lowest BCUT2D eigenvalue weighted by Gasteiger charge is -2.13. The van der Waals surface area contributed by atoms with Gasteiger partial charge in [0, 0.05) is 5.56 Å². The number of hydrogen-bond acceptors (Lipinski definition) is 5. The fourth-order valence-corrected chi connectivity index (χ4v) is 4.06. The third kappa shape index (κ3) is 2.06. The van der Waals surface area contributed by atoms with Gasteiger partial charge in [0.2, 0.25) is 0 Å². The lowest BCUT2D eigenvalue weighted by Crippen LogP contribution is -2.28. The Morgan fingerprint density at radius 2 is 1.75 bits per heavy atom. The van der Waals surface area contributed by atoms with Crippen LogP contribution in [0.15, 0.2) is 35.5 Å². The second-order valence-electron chi connectivity index (χ2n) is 6.34. The van der Waals surface area contributed by atoms with Crippen LogP contribution in [0.4, 0.5) is 0 Å². The Labute approximate surface area is 139 Å². The number of allylic oxidation sites excluding steroid dienone is 2. The summed E-state index contributed by atoms with van der Waals surface area (Å²) in [7, 11) is 3.12. The predicted molar refractivity (Wildman–Crippen MR) is 86.7 cm³/mol. The van der Waals surface area contributed by atoms with Gasteiger partial charge in [-0.15, -0.1) is 0 Å². The Balaban J connectivity index is 1.61. The maximum Gasteiger partial charge on any atom is 0.254 e. The molecule has 1 heterocycles. The van der Waals surface area contributed by atoms with Gasteiger partial charge in [-0.2, -0.15) is 10.1 Å². The van der Waals surface area contributed by atoms with E-state index in [4.69, 9.17) is 9.47 Å². The van der Waals surface area contributed by atoms with Crippen LogP contribution in [0, 0.1) is 23.7 Å². The van der Waals surface area contributed by atoms with Gasteiger partial charge in [-0.25, -0.2) is 0 Å². The molecule has 2 bridgehead atoms. The first-order valence-electron chi connectivity index (χ1n) is 7.96. The second kappa shape index (κ2) is 5.47. The van der Waals surface area contributed by atoms with E-state index in [2.05, 4.69) is 17.3 Å². The molecule has 6 heteroatoms. The molecule has 0 unspecified atom stereocenters. The van der Waals surface area contributed by atoms with Gasteiger partial charge in [0.05, 0.1) is 32.3 Å². The van der Waals surface area contributed by atoms with Crippen molar-refractivity contribution in [2.45, 2.75) is 6.42 Å². The van der Waals surface area contributed by atoms with Crippen molar-refractivity contribution in [1.29, 1.82) is 0 Å². The Kier molecular flexibility index (Phi) is 3.40. The lowest BCUT2D eigenvalue weighted by molar-refractivity contribution is -0.140. The number of rotatable bonds is 4. The maximum atomic E-state index is 12.6. The van der Waals surface area contributed by atoms with Crippen LogP contribution < -0.4 is 9.47 Å². The average molecular weight is 326 g/mol. The number of carbonyl (C=O) groups is 2. The molecular formula is C18H18N2O4. The Hall–Kier alpha value is -2.63. The molecule has 24 heavy (non-hydrogen) atoms. The Bertz CT molecular complexity index is 740. The summed E-state index contributed by atoms with van der Waals surface area (Å²) >= 11 is 0. The first-order chi connectivity index (χ1) is 11.6. The topological polar surface area (TPSA) is 68.2 Å². The molecule has 3 aliphatic rings. The molecule has 2 aliphatic carbocycles. The van der Waals surface area contributed by atoms with Crippen LogP contribution in [0.2, 0.25) is 0 Å². The summed E-state index contributed by atoms with van der Waals surface area (Å²) in [5, 5.41) is 5.19. The third-order valence-corrected chi connectivity index (χ3v) is 5.20. The summed E-state index contributed by atoms with van der Waals surface area (Å²) in [5.74, 6) is 0.746. The number of benzene rings is 1. The Morgan fingerprint density at radius 3 is 2.33 bits per heavy atom. The molecule has 2 fully saturated rings. The molecule has 0 N–H and O–H groups in total. The van der Waals surface area contributed by atoms with E-state index in [1.165, 1.54) is 6.21 Å². The first kappa shape index (κ1) is 14.9. The van der Waals surface area contributed by atoms with Crippen molar-refractivity contribution in [3.63, 3.8) is 0 Å². The number of imide groups is 1. The fraction of sp³-hybridized carbons (Fsp3) is 0.389. The zero-order chi connectivity index (χ0) is 16.8. The van der Waals surface area contributed by atoms with Crippen molar-refractivity contribution in [2.75, 3.05) is 14.2 Å². The zero-order valence-electron chi connectivity index (χ0n) is 13.5. The standard InChI is InChI=1S/C18H18N2O4/c1-23-13-5-6-14(24-2)12(8-13)9-19-20-17(21)15-10-3-4-11(7-10)16(15)18(20)22/h3-6,8-11,15-16H,7H2,1-2H3/b19-9-/t10-,11-,15+,16+/m0/s1. The largest absolute Gasteiger partial charge is 0.497 e. The second-order valence-corrected chi connectivity index (χ2v) is 6.34. The van der Waals surface area contributed by atoms with Crippen molar-refractivity contribution < 1.29 is 19.1 Å². The summed E-state index contributed by atoms with van der Waals surface area (Å²) < 4.78 is 10.5. The van der Waals surface area contributed by atoms with Crippen LogP contribution in [0.3, 0.4) is 0 Å². The van der Waals surface area contributed by atoms with Crippen molar-refractivity contribution in [1.82, 2.24) is 5.01 Å². The number of hydrazone groups is 1. The van der Waals surface area contributed by atoms with Gasteiger partial charge in [-0.3, -0.25) is 9.59 Å². The molecule has 0 radical (unpaired) electrons. The van der Waals surface area contributed by atoms with E-state index < -0.39 is 0 Å². The SMILES string of the molecule is COc1ccc(OC)c(/C=N\N2C(=O)[C@H]3[C@H](C2=O)[C@H]2C=C[C@H]3C2)c1. The monoisotopic (exact) mass is 326 g/mol. The molecule has 1 aliphatic heterocycles. The van der Waals surface area contributed by atoms with Crippen LogP contribution in [0.25, 0.3) is 0 Å². The van der Waals surface area contributed by atoms with Gasteiger partial charge in [0.15, 0.2) is 0 Å². The number of fused-ring (bicyclic) bond motifs is 5. The van der Waals surface area contributed by atoms with Gasteiger partial charge in [-0.05, 0) is 36.5 Å². The van der Waals surface area contributed by atoms with Crippen molar-refractivity contribution in [3.8, 4) is 11.5 Å². The van der Waals surface area contributed by atoms with Gasteiger partial charge in [-0.1, -0.05) is 12.2 Å². The molecule has 6 nitrogen and oxygen atoms in total. The van der Waals surface area contributed by atoms with Crippen LogP contribution in [0.5, 0.6) is 11.5 Å². The molecule has 2 amide bonds. The molecule has 1 aromatic rings. The molecule has 0 spiro atoms. The minimum atomic E-state index is -0.239. The summed E-state index contributed by atoms with van der Waals surface area (Å²) in [6.07, 6.45) is 6.52. The van der Waals surface area contributed by atoms with Crippen LogP contribution >= 0.6 is 0 Å².